The zero-order chi connectivity index (χ0) is 26.2. The molecular formula is C33H41N3O2. The Morgan fingerprint density at radius 3 is 2.05 bits per heavy atom. The van der Waals surface area contributed by atoms with Gasteiger partial charge in [0.05, 0.1) is 0 Å². The van der Waals surface area contributed by atoms with Gasteiger partial charge in [0.25, 0.3) is 0 Å². The van der Waals surface area contributed by atoms with Crippen LogP contribution in [0.3, 0.4) is 0 Å². The summed E-state index contributed by atoms with van der Waals surface area (Å²) in [6.45, 7) is 9.50. The second-order valence-corrected chi connectivity index (χ2v) is 10.8. The fourth-order valence-electron chi connectivity index (χ4n) is 6.28. The van der Waals surface area contributed by atoms with E-state index < -0.39 is 0 Å². The van der Waals surface area contributed by atoms with Crippen molar-refractivity contribution >= 4 is 6.09 Å². The summed E-state index contributed by atoms with van der Waals surface area (Å²) in [7, 11) is 0. The number of hydrogen-bond acceptors (Lipinski definition) is 4. The highest BCUT2D eigenvalue weighted by Gasteiger charge is 2.36. The third-order valence-corrected chi connectivity index (χ3v) is 8.26. The fourth-order valence-corrected chi connectivity index (χ4v) is 6.28. The molecule has 0 bridgehead atoms. The molecule has 0 aromatic heterocycles. The number of carbonyl (C=O) groups excluding carboxylic acids is 1. The van der Waals surface area contributed by atoms with Gasteiger partial charge in [-0.1, -0.05) is 91.0 Å². The molecule has 5 rings (SSSR count). The molecule has 0 spiro atoms. The lowest BCUT2D eigenvalue weighted by atomic mass is 9.88. The Labute approximate surface area is 228 Å². The summed E-state index contributed by atoms with van der Waals surface area (Å²) >= 11 is 0. The Kier molecular flexibility index (Phi) is 9.11. The predicted octanol–water partition coefficient (Wildman–Crippen LogP) is 6.03. The summed E-state index contributed by atoms with van der Waals surface area (Å²) in [6.07, 6.45) is 1.82. The van der Waals surface area contributed by atoms with Gasteiger partial charge in [-0.3, -0.25) is 4.90 Å². The van der Waals surface area contributed by atoms with Crippen molar-refractivity contribution in [3.8, 4) is 0 Å². The van der Waals surface area contributed by atoms with Crippen molar-refractivity contribution < 1.29 is 9.53 Å². The molecule has 2 heterocycles. The summed E-state index contributed by atoms with van der Waals surface area (Å²) in [4.78, 5) is 20.1. The minimum Gasteiger partial charge on any atom is -0.445 e. The molecule has 0 aliphatic carbocycles. The van der Waals surface area contributed by atoms with E-state index in [0.29, 0.717) is 25.0 Å². The minimum atomic E-state index is -0.189. The number of benzene rings is 3. The zero-order valence-corrected chi connectivity index (χ0v) is 22.6. The molecule has 2 aliphatic rings. The summed E-state index contributed by atoms with van der Waals surface area (Å²) in [6, 6.07) is 32.1. The number of hydrogen-bond donors (Lipinski definition) is 0. The van der Waals surface area contributed by atoms with Crippen LogP contribution in [0.1, 0.15) is 42.4 Å². The largest absolute Gasteiger partial charge is 0.445 e. The van der Waals surface area contributed by atoms with Crippen molar-refractivity contribution in [2.24, 2.45) is 5.92 Å². The van der Waals surface area contributed by atoms with Crippen LogP contribution in [0.4, 0.5) is 4.79 Å². The maximum absolute atomic E-state index is 12.9. The third kappa shape index (κ3) is 6.83. The molecule has 2 saturated heterocycles. The molecule has 3 aromatic rings. The Balaban J connectivity index is 1.16. The highest BCUT2D eigenvalue weighted by Crippen LogP contribution is 2.34. The van der Waals surface area contributed by atoms with Crippen LogP contribution in [0.2, 0.25) is 0 Å². The van der Waals surface area contributed by atoms with Crippen molar-refractivity contribution in [2.45, 2.75) is 44.9 Å². The van der Waals surface area contributed by atoms with E-state index in [0.717, 1.165) is 57.7 Å². The van der Waals surface area contributed by atoms with E-state index in [1.807, 2.05) is 35.2 Å². The molecule has 2 fully saturated rings. The van der Waals surface area contributed by atoms with Crippen LogP contribution in [0.25, 0.3) is 0 Å². The van der Waals surface area contributed by atoms with Gasteiger partial charge in [-0.25, -0.2) is 4.79 Å². The number of ether oxygens (including phenoxy) is 1. The first kappa shape index (κ1) is 26.5. The molecule has 0 saturated carbocycles. The highest BCUT2D eigenvalue weighted by molar-refractivity contribution is 5.68. The quantitative estimate of drug-likeness (QED) is 0.352. The Bertz CT molecular complexity index is 1120. The topological polar surface area (TPSA) is 36.0 Å². The van der Waals surface area contributed by atoms with Gasteiger partial charge in [0.2, 0.25) is 0 Å². The van der Waals surface area contributed by atoms with Crippen LogP contribution in [0.5, 0.6) is 0 Å². The molecule has 2 unspecified atom stereocenters. The average Bonchev–Trinajstić information content (AvgIpc) is 3.36. The number of piperidine rings is 1. The van der Waals surface area contributed by atoms with E-state index in [4.69, 9.17) is 4.74 Å². The zero-order valence-electron chi connectivity index (χ0n) is 22.6. The van der Waals surface area contributed by atoms with E-state index in [2.05, 4.69) is 77.4 Å². The van der Waals surface area contributed by atoms with E-state index in [9.17, 15) is 4.79 Å². The lowest BCUT2D eigenvalue weighted by Crippen LogP contribution is -2.48. The molecule has 2 atom stereocenters. The third-order valence-electron chi connectivity index (χ3n) is 8.26. The Morgan fingerprint density at radius 1 is 0.816 bits per heavy atom. The fraction of sp³-hybridized carbons (Fsp3) is 0.424. The monoisotopic (exact) mass is 511 g/mol. The second-order valence-electron chi connectivity index (χ2n) is 10.8. The van der Waals surface area contributed by atoms with Gasteiger partial charge >= 0.3 is 6.09 Å². The van der Waals surface area contributed by atoms with E-state index in [1.54, 1.807) is 0 Å². The predicted molar refractivity (Wildman–Crippen MR) is 153 cm³/mol. The molecule has 2 aliphatic heterocycles. The van der Waals surface area contributed by atoms with Gasteiger partial charge in [-0.05, 0) is 42.4 Å². The second kappa shape index (κ2) is 13.1. The lowest BCUT2D eigenvalue weighted by Gasteiger charge is -2.39. The van der Waals surface area contributed by atoms with Gasteiger partial charge in [-0.15, -0.1) is 0 Å². The lowest BCUT2D eigenvalue weighted by molar-refractivity contribution is 0.0603. The Morgan fingerprint density at radius 2 is 1.42 bits per heavy atom. The van der Waals surface area contributed by atoms with Crippen molar-refractivity contribution in [1.29, 1.82) is 0 Å². The van der Waals surface area contributed by atoms with Crippen LogP contribution >= 0.6 is 0 Å². The van der Waals surface area contributed by atoms with E-state index >= 15 is 0 Å². The molecular weight excluding hydrogens is 470 g/mol. The standard InChI is InChI=1S/C33H41N3O2/c1-2-36(33(37)38-26-28-14-8-4-9-15-28)31-18-20-34(21-19-31)23-30-24-35(22-27-12-6-3-7-13-27)25-32(30)29-16-10-5-11-17-29/h3-17,30-32H,2,18-26H2,1H3. The van der Waals surface area contributed by atoms with E-state index in [1.165, 1.54) is 11.1 Å². The molecule has 0 N–H and O–H groups in total. The smallest absolute Gasteiger partial charge is 0.410 e. The number of rotatable bonds is 9. The van der Waals surface area contributed by atoms with Gasteiger partial charge in [0.15, 0.2) is 0 Å². The maximum atomic E-state index is 12.9. The molecule has 0 radical (unpaired) electrons. The molecule has 200 valence electrons. The van der Waals surface area contributed by atoms with Crippen molar-refractivity contribution in [1.82, 2.24) is 14.7 Å². The first-order chi connectivity index (χ1) is 18.7. The normalized spacial score (nSPS) is 20.9. The Hall–Kier alpha value is -3.15. The number of amides is 1. The molecule has 1 amide bonds. The van der Waals surface area contributed by atoms with Crippen LogP contribution in [0.15, 0.2) is 91.0 Å². The SMILES string of the molecule is CCN(C(=O)OCc1ccccc1)C1CCN(CC2CN(Cc3ccccc3)CC2c2ccccc2)CC1. The van der Waals surface area contributed by atoms with Crippen molar-refractivity contribution in [3.05, 3.63) is 108 Å². The van der Waals surface area contributed by atoms with Gasteiger partial charge in [0, 0.05) is 57.8 Å². The van der Waals surface area contributed by atoms with Crippen LogP contribution in [-0.2, 0) is 17.9 Å². The number of likely N-dealkylation sites (tertiary alicyclic amines) is 2. The molecule has 3 aromatic carbocycles. The molecule has 5 heteroatoms. The summed E-state index contributed by atoms with van der Waals surface area (Å²) in [5, 5.41) is 0. The van der Waals surface area contributed by atoms with Crippen molar-refractivity contribution in [3.63, 3.8) is 0 Å². The first-order valence-electron chi connectivity index (χ1n) is 14.2. The van der Waals surface area contributed by atoms with Gasteiger partial charge in [0.1, 0.15) is 6.61 Å². The minimum absolute atomic E-state index is 0.189. The first-order valence-corrected chi connectivity index (χ1v) is 14.2. The summed E-state index contributed by atoms with van der Waals surface area (Å²) in [5.74, 6) is 1.16. The van der Waals surface area contributed by atoms with Gasteiger partial charge < -0.3 is 14.5 Å². The van der Waals surface area contributed by atoms with Crippen LogP contribution < -0.4 is 0 Å². The van der Waals surface area contributed by atoms with E-state index in [-0.39, 0.29) is 12.1 Å². The molecule has 5 nitrogen and oxygen atoms in total. The average molecular weight is 512 g/mol. The maximum Gasteiger partial charge on any atom is 0.410 e. The summed E-state index contributed by atoms with van der Waals surface area (Å²) < 4.78 is 5.66. The van der Waals surface area contributed by atoms with Crippen LogP contribution in [-0.4, -0.2) is 66.1 Å². The van der Waals surface area contributed by atoms with Crippen molar-refractivity contribution in [2.75, 3.05) is 39.3 Å². The molecule has 38 heavy (non-hydrogen) atoms. The van der Waals surface area contributed by atoms with Gasteiger partial charge in [-0.2, -0.15) is 0 Å². The highest BCUT2D eigenvalue weighted by atomic mass is 16.6. The summed E-state index contributed by atoms with van der Waals surface area (Å²) in [5.41, 5.74) is 3.87. The number of nitrogens with zero attached hydrogens (tertiary/aromatic N) is 3. The number of carbonyl (C=O) groups is 1. The van der Waals surface area contributed by atoms with Crippen LogP contribution in [0, 0.1) is 5.92 Å².